The molecule has 2 unspecified atom stereocenters. The normalized spacial score (nSPS) is 22.8. The molecular weight excluding hydrogens is 250 g/mol. The minimum atomic E-state index is 0.512. The zero-order valence-corrected chi connectivity index (χ0v) is 13.0. The molecule has 1 heterocycles. The second kappa shape index (κ2) is 7.58. The first-order valence-electron chi connectivity index (χ1n) is 7.83. The molecule has 0 radical (unpaired) electrons. The Hall–Kier alpha value is -1.16. The Kier molecular flexibility index (Phi) is 5.77. The molecule has 0 spiro atoms. The van der Waals surface area contributed by atoms with Crippen LogP contribution in [0.2, 0.25) is 0 Å². The maximum atomic E-state index is 5.23. The van der Waals surface area contributed by atoms with Crippen molar-refractivity contribution in [1.29, 1.82) is 0 Å². The lowest BCUT2D eigenvalue weighted by molar-refractivity contribution is 0.181. The van der Waals surface area contributed by atoms with Gasteiger partial charge in [-0.25, -0.2) is 9.97 Å². The van der Waals surface area contributed by atoms with Crippen LogP contribution in [-0.4, -0.2) is 23.6 Å². The molecule has 1 fully saturated rings. The molecule has 1 aromatic rings. The predicted octanol–water partition coefficient (Wildman–Crippen LogP) is 3.74. The average molecular weight is 277 g/mol. The van der Waals surface area contributed by atoms with E-state index in [1.54, 1.807) is 7.11 Å². The van der Waals surface area contributed by atoms with Gasteiger partial charge in [-0.2, -0.15) is 0 Å². The second-order valence-electron chi connectivity index (χ2n) is 5.93. The topological polar surface area (TPSA) is 47.0 Å². The lowest BCUT2D eigenvalue weighted by Crippen LogP contribution is -2.16. The van der Waals surface area contributed by atoms with Crippen LogP contribution >= 0.6 is 0 Å². The Labute approximate surface area is 122 Å². The molecule has 2 rings (SSSR count). The van der Waals surface area contributed by atoms with E-state index in [4.69, 9.17) is 14.7 Å². The van der Waals surface area contributed by atoms with Crippen molar-refractivity contribution in [3.05, 3.63) is 17.6 Å². The summed E-state index contributed by atoms with van der Waals surface area (Å²) in [5.74, 6) is 3.25. The van der Waals surface area contributed by atoms with E-state index in [1.807, 2.05) is 6.07 Å². The summed E-state index contributed by atoms with van der Waals surface area (Å²) in [6.07, 6.45) is 6.16. The van der Waals surface area contributed by atoms with Gasteiger partial charge in [0.05, 0.1) is 12.3 Å². The number of rotatable bonds is 6. The number of methoxy groups -OCH3 is 1. The highest BCUT2D eigenvalue weighted by Crippen LogP contribution is 2.34. The number of anilines is 1. The van der Waals surface area contributed by atoms with E-state index in [1.165, 1.54) is 25.7 Å². The highest BCUT2D eigenvalue weighted by atomic mass is 16.5. The van der Waals surface area contributed by atoms with Crippen molar-refractivity contribution in [3.63, 3.8) is 0 Å². The van der Waals surface area contributed by atoms with E-state index in [9.17, 15) is 0 Å². The second-order valence-corrected chi connectivity index (χ2v) is 5.93. The molecule has 112 valence electrons. The van der Waals surface area contributed by atoms with Crippen LogP contribution in [0, 0.1) is 5.92 Å². The molecule has 1 aliphatic rings. The van der Waals surface area contributed by atoms with E-state index in [-0.39, 0.29) is 0 Å². The number of hydrogen-bond donors (Lipinski definition) is 1. The van der Waals surface area contributed by atoms with Crippen LogP contribution in [0.25, 0.3) is 0 Å². The van der Waals surface area contributed by atoms with Gasteiger partial charge in [-0.05, 0) is 25.2 Å². The molecule has 0 amide bonds. The fourth-order valence-corrected chi connectivity index (χ4v) is 2.93. The first-order valence-corrected chi connectivity index (χ1v) is 7.83. The zero-order chi connectivity index (χ0) is 14.4. The summed E-state index contributed by atoms with van der Waals surface area (Å²) in [4.78, 5) is 9.45. The van der Waals surface area contributed by atoms with Gasteiger partial charge in [0.15, 0.2) is 0 Å². The maximum Gasteiger partial charge on any atom is 0.134 e. The lowest BCUT2D eigenvalue weighted by atomic mass is 9.82. The summed E-state index contributed by atoms with van der Waals surface area (Å²) in [5.41, 5.74) is 0.981. The Morgan fingerprint density at radius 1 is 1.35 bits per heavy atom. The summed E-state index contributed by atoms with van der Waals surface area (Å²) in [6.45, 7) is 6.00. The molecule has 4 nitrogen and oxygen atoms in total. The van der Waals surface area contributed by atoms with Crippen molar-refractivity contribution in [1.82, 2.24) is 9.97 Å². The van der Waals surface area contributed by atoms with Gasteiger partial charge in [0.1, 0.15) is 11.6 Å². The smallest absolute Gasteiger partial charge is 0.134 e. The Balaban J connectivity index is 2.18. The van der Waals surface area contributed by atoms with Crippen molar-refractivity contribution in [2.24, 2.45) is 5.92 Å². The number of nitrogens with zero attached hydrogens (tertiary/aromatic N) is 2. The van der Waals surface area contributed by atoms with E-state index < -0.39 is 0 Å². The van der Waals surface area contributed by atoms with Gasteiger partial charge in [0, 0.05) is 25.6 Å². The quantitative estimate of drug-likeness (QED) is 0.860. The summed E-state index contributed by atoms with van der Waals surface area (Å²) in [7, 11) is 1.71. The van der Waals surface area contributed by atoms with Gasteiger partial charge in [0.25, 0.3) is 0 Å². The molecule has 0 bridgehead atoms. The van der Waals surface area contributed by atoms with Crippen molar-refractivity contribution >= 4 is 5.82 Å². The molecule has 1 saturated carbocycles. The minimum absolute atomic E-state index is 0.512. The van der Waals surface area contributed by atoms with E-state index >= 15 is 0 Å². The van der Waals surface area contributed by atoms with Gasteiger partial charge in [0.2, 0.25) is 0 Å². The highest BCUT2D eigenvalue weighted by molar-refractivity contribution is 5.36. The molecule has 1 aliphatic carbocycles. The average Bonchev–Trinajstić information content (AvgIpc) is 2.45. The van der Waals surface area contributed by atoms with Gasteiger partial charge in [-0.1, -0.05) is 26.7 Å². The molecule has 0 saturated heterocycles. The van der Waals surface area contributed by atoms with Gasteiger partial charge in [-0.3, -0.25) is 0 Å². The van der Waals surface area contributed by atoms with Crippen molar-refractivity contribution < 1.29 is 4.74 Å². The first kappa shape index (κ1) is 15.2. The fraction of sp³-hybridized carbons (Fsp3) is 0.750. The summed E-state index contributed by atoms with van der Waals surface area (Å²) < 4.78 is 5.23. The predicted molar refractivity (Wildman–Crippen MR) is 81.9 cm³/mol. The molecule has 2 atom stereocenters. The van der Waals surface area contributed by atoms with E-state index in [0.29, 0.717) is 12.5 Å². The Bertz CT molecular complexity index is 422. The summed E-state index contributed by atoms with van der Waals surface area (Å²) in [6, 6.07) is 2.01. The molecule has 0 aromatic carbocycles. The number of aromatic nitrogens is 2. The third kappa shape index (κ3) is 4.17. The van der Waals surface area contributed by atoms with Gasteiger partial charge < -0.3 is 10.1 Å². The van der Waals surface area contributed by atoms with Crippen molar-refractivity contribution in [3.8, 4) is 0 Å². The van der Waals surface area contributed by atoms with Crippen LogP contribution in [-0.2, 0) is 11.3 Å². The molecule has 4 heteroatoms. The van der Waals surface area contributed by atoms with Gasteiger partial charge >= 0.3 is 0 Å². The van der Waals surface area contributed by atoms with Crippen molar-refractivity contribution in [2.75, 3.05) is 19.0 Å². The third-order valence-electron chi connectivity index (χ3n) is 3.95. The molecule has 20 heavy (non-hydrogen) atoms. The van der Waals surface area contributed by atoms with Crippen LogP contribution in [0.15, 0.2) is 6.07 Å². The lowest BCUT2D eigenvalue weighted by Gasteiger charge is -2.26. The largest absolute Gasteiger partial charge is 0.378 e. The molecule has 1 N–H and O–H groups in total. The van der Waals surface area contributed by atoms with E-state index in [2.05, 4.69) is 19.2 Å². The fourth-order valence-electron chi connectivity index (χ4n) is 2.93. The maximum absolute atomic E-state index is 5.23. The van der Waals surface area contributed by atoms with Crippen molar-refractivity contribution in [2.45, 2.75) is 58.5 Å². The van der Waals surface area contributed by atoms with E-state index in [0.717, 1.165) is 36.2 Å². The molecule has 1 aromatic heterocycles. The minimum Gasteiger partial charge on any atom is -0.378 e. The number of nitrogens with one attached hydrogen (secondary N) is 1. The SMILES string of the molecule is CCCNc1cc(COC)nc(C2CCCC(C)C2)n1. The summed E-state index contributed by atoms with van der Waals surface area (Å²) >= 11 is 0. The Morgan fingerprint density at radius 3 is 2.90 bits per heavy atom. The van der Waals surface area contributed by atoms with Crippen LogP contribution < -0.4 is 5.32 Å². The first-order chi connectivity index (χ1) is 9.72. The highest BCUT2D eigenvalue weighted by Gasteiger charge is 2.23. The van der Waals surface area contributed by atoms with Gasteiger partial charge in [-0.15, -0.1) is 0 Å². The summed E-state index contributed by atoms with van der Waals surface area (Å²) in [5, 5.41) is 3.38. The zero-order valence-electron chi connectivity index (χ0n) is 13.0. The Morgan fingerprint density at radius 2 is 2.20 bits per heavy atom. The standard InChI is InChI=1S/C16H27N3O/c1-4-8-17-15-10-14(11-20-3)18-16(19-15)13-7-5-6-12(2)9-13/h10,12-13H,4-9,11H2,1-3H3,(H,17,18,19). The number of ether oxygens (including phenoxy) is 1. The van der Waals surface area contributed by atoms with Crippen LogP contribution in [0.1, 0.15) is 63.4 Å². The van der Waals surface area contributed by atoms with Crippen LogP contribution in [0.5, 0.6) is 0 Å². The molecular formula is C16H27N3O. The van der Waals surface area contributed by atoms with Crippen LogP contribution in [0.3, 0.4) is 0 Å². The number of hydrogen-bond acceptors (Lipinski definition) is 4. The third-order valence-corrected chi connectivity index (χ3v) is 3.95. The molecule has 0 aliphatic heterocycles. The monoisotopic (exact) mass is 277 g/mol. The van der Waals surface area contributed by atoms with Crippen LogP contribution in [0.4, 0.5) is 5.82 Å².